The minimum absolute atomic E-state index is 0.114. The van der Waals surface area contributed by atoms with Crippen LogP contribution in [-0.4, -0.2) is 72.8 Å². The number of anilines is 1. The molecule has 1 aromatic carbocycles. The molecule has 136 valence electrons. The molecule has 1 atom stereocenters. The van der Waals surface area contributed by atoms with Crippen molar-refractivity contribution in [2.24, 2.45) is 0 Å². The normalized spacial score (nSPS) is 18.0. The summed E-state index contributed by atoms with van der Waals surface area (Å²) in [4.78, 5) is 40.7. The van der Waals surface area contributed by atoms with Gasteiger partial charge in [-0.05, 0) is 25.1 Å². The lowest BCUT2D eigenvalue weighted by atomic mass is 10.1. The van der Waals surface area contributed by atoms with Gasteiger partial charge in [-0.25, -0.2) is 4.79 Å². The molecular weight excluding hydrogens is 320 g/mol. The number of rotatable bonds is 6. The average molecular weight is 346 g/mol. The van der Waals surface area contributed by atoms with Crippen LogP contribution < -0.4 is 5.32 Å². The van der Waals surface area contributed by atoms with Crippen molar-refractivity contribution >= 4 is 23.5 Å². The Morgan fingerprint density at radius 3 is 2.64 bits per heavy atom. The summed E-state index contributed by atoms with van der Waals surface area (Å²) in [6.45, 7) is 2.70. The molecule has 1 aliphatic rings. The molecule has 0 radical (unpaired) electrons. The fourth-order valence-corrected chi connectivity index (χ4v) is 2.97. The zero-order chi connectivity index (χ0) is 18.6. The highest BCUT2D eigenvalue weighted by Gasteiger charge is 2.34. The molecule has 0 aliphatic carbocycles. The van der Waals surface area contributed by atoms with Gasteiger partial charge in [-0.15, -0.1) is 0 Å². The summed E-state index contributed by atoms with van der Waals surface area (Å²) in [5.41, 5.74) is 1.91. The van der Waals surface area contributed by atoms with Crippen molar-refractivity contribution in [3.63, 3.8) is 0 Å². The van der Waals surface area contributed by atoms with E-state index in [1.165, 1.54) is 7.05 Å². The first kappa shape index (κ1) is 18.9. The zero-order valence-corrected chi connectivity index (χ0v) is 15.3. The van der Waals surface area contributed by atoms with E-state index in [0.717, 1.165) is 22.6 Å². The number of likely N-dealkylation sites (N-methyl/N-ethyl adjacent to an activating group) is 2. The van der Waals surface area contributed by atoms with Gasteiger partial charge in [-0.2, -0.15) is 0 Å². The van der Waals surface area contributed by atoms with Crippen LogP contribution in [0.1, 0.15) is 18.9 Å². The number of amides is 4. The first-order chi connectivity index (χ1) is 11.8. The molecule has 1 aliphatic heterocycles. The van der Waals surface area contributed by atoms with E-state index in [-0.39, 0.29) is 36.9 Å². The van der Waals surface area contributed by atoms with Gasteiger partial charge in [-0.3, -0.25) is 19.4 Å². The molecule has 2 rings (SSSR count). The van der Waals surface area contributed by atoms with Crippen molar-refractivity contribution in [2.75, 3.05) is 39.5 Å². The number of carbonyl (C=O) groups is 3. The molecule has 0 spiro atoms. The zero-order valence-electron chi connectivity index (χ0n) is 15.3. The number of hydrogen-bond donors (Lipinski definition) is 1. The fraction of sp³-hybridized carbons (Fsp3) is 0.500. The number of aryl methyl sites for hydroxylation is 1. The topological polar surface area (TPSA) is 73.0 Å². The van der Waals surface area contributed by atoms with Crippen molar-refractivity contribution in [3.8, 4) is 0 Å². The summed E-state index contributed by atoms with van der Waals surface area (Å²) in [6.07, 6.45) is 1.11. The Kier molecular flexibility index (Phi) is 6.14. The van der Waals surface area contributed by atoms with Gasteiger partial charge < -0.3 is 10.2 Å². The van der Waals surface area contributed by atoms with E-state index >= 15 is 0 Å². The maximum Gasteiger partial charge on any atom is 0.326 e. The highest BCUT2D eigenvalue weighted by atomic mass is 16.2. The van der Waals surface area contributed by atoms with Crippen LogP contribution in [-0.2, 0) is 16.0 Å². The third-order valence-corrected chi connectivity index (χ3v) is 4.53. The van der Waals surface area contributed by atoms with Crippen LogP contribution in [0.3, 0.4) is 0 Å². The van der Waals surface area contributed by atoms with Crippen molar-refractivity contribution in [2.45, 2.75) is 25.8 Å². The van der Waals surface area contributed by atoms with E-state index in [1.807, 2.05) is 43.1 Å². The Labute approximate surface area is 148 Å². The second kappa shape index (κ2) is 8.11. The molecule has 1 unspecified atom stereocenters. The minimum Gasteiger partial charge on any atom is -0.325 e. The maximum atomic E-state index is 12.3. The monoisotopic (exact) mass is 346 g/mol. The average Bonchev–Trinajstić information content (AvgIpc) is 2.58. The van der Waals surface area contributed by atoms with Crippen molar-refractivity contribution < 1.29 is 14.4 Å². The Hall–Kier alpha value is -2.41. The van der Waals surface area contributed by atoms with Crippen molar-refractivity contribution in [1.82, 2.24) is 14.7 Å². The maximum absolute atomic E-state index is 12.3. The minimum atomic E-state index is -0.309. The number of imide groups is 1. The number of nitrogens with one attached hydrogen (secondary N) is 1. The number of carbonyl (C=O) groups excluding carboxylic acids is 3. The van der Waals surface area contributed by atoms with Crippen LogP contribution in [0.4, 0.5) is 10.5 Å². The highest BCUT2D eigenvalue weighted by molar-refractivity contribution is 5.97. The van der Waals surface area contributed by atoms with Crippen molar-refractivity contribution in [1.29, 1.82) is 0 Å². The van der Waals surface area contributed by atoms with Crippen molar-refractivity contribution in [3.05, 3.63) is 29.8 Å². The Bertz CT molecular complexity index is 661. The molecule has 7 heteroatoms. The van der Waals surface area contributed by atoms with Gasteiger partial charge >= 0.3 is 6.03 Å². The van der Waals surface area contributed by atoms with Gasteiger partial charge in [0.25, 0.3) is 0 Å². The van der Waals surface area contributed by atoms with Gasteiger partial charge in [0.05, 0.1) is 12.6 Å². The molecule has 7 nitrogen and oxygen atoms in total. The molecule has 1 saturated heterocycles. The molecule has 1 N–H and O–H groups in total. The fourth-order valence-electron chi connectivity index (χ4n) is 2.97. The van der Waals surface area contributed by atoms with Crippen LogP contribution in [0.25, 0.3) is 0 Å². The van der Waals surface area contributed by atoms with Crippen LogP contribution in [0.2, 0.25) is 0 Å². The van der Waals surface area contributed by atoms with E-state index in [1.54, 1.807) is 11.9 Å². The summed E-state index contributed by atoms with van der Waals surface area (Å²) in [6, 6.07) is 7.18. The molecule has 1 heterocycles. The van der Waals surface area contributed by atoms with Gasteiger partial charge in [-0.1, -0.05) is 25.1 Å². The quantitative estimate of drug-likeness (QED) is 0.845. The smallest absolute Gasteiger partial charge is 0.325 e. The number of urea groups is 1. The third kappa shape index (κ3) is 4.57. The molecule has 25 heavy (non-hydrogen) atoms. The Morgan fingerprint density at radius 2 is 1.96 bits per heavy atom. The lowest BCUT2D eigenvalue weighted by Crippen LogP contribution is -2.56. The van der Waals surface area contributed by atoms with Gasteiger partial charge in [0, 0.05) is 32.7 Å². The lowest BCUT2D eigenvalue weighted by Gasteiger charge is -2.38. The summed E-state index contributed by atoms with van der Waals surface area (Å²) in [5, 5.41) is 2.93. The first-order valence-electron chi connectivity index (χ1n) is 8.43. The van der Waals surface area contributed by atoms with E-state index < -0.39 is 0 Å². The third-order valence-electron chi connectivity index (χ3n) is 4.53. The molecule has 4 amide bonds. The van der Waals surface area contributed by atoms with Gasteiger partial charge in [0.15, 0.2) is 0 Å². The van der Waals surface area contributed by atoms with E-state index in [0.29, 0.717) is 6.54 Å². The van der Waals surface area contributed by atoms with E-state index in [4.69, 9.17) is 0 Å². The second-order valence-electron chi connectivity index (χ2n) is 6.46. The second-order valence-corrected chi connectivity index (χ2v) is 6.46. The lowest BCUT2D eigenvalue weighted by molar-refractivity contribution is -0.131. The van der Waals surface area contributed by atoms with Gasteiger partial charge in [0.2, 0.25) is 11.8 Å². The van der Waals surface area contributed by atoms with E-state index in [9.17, 15) is 14.4 Å². The Balaban J connectivity index is 1.91. The summed E-state index contributed by atoms with van der Waals surface area (Å²) >= 11 is 0. The van der Waals surface area contributed by atoms with Gasteiger partial charge in [0.1, 0.15) is 0 Å². The molecule has 0 aromatic heterocycles. The van der Waals surface area contributed by atoms with Crippen LogP contribution in [0.15, 0.2) is 24.3 Å². The largest absolute Gasteiger partial charge is 0.326 e. The Morgan fingerprint density at radius 1 is 1.28 bits per heavy atom. The number of benzene rings is 1. The van der Waals surface area contributed by atoms with E-state index in [2.05, 4.69) is 5.32 Å². The molecular formula is C18H26N4O3. The summed E-state index contributed by atoms with van der Waals surface area (Å²) in [5.74, 6) is -0.306. The summed E-state index contributed by atoms with van der Waals surface area (Å²) in [7, 11) is 4.98. The first-order valence-corrected chi connectivity index (χ1v) is 8.43. The molecule has 1 fully saturated rings. The number of para-hydroxylation sites is 1. The molecule has 0 bridgehead atoms. The number of nitrogens with zero attached hydrogens (tertiary/aromatic N) is 3. The predicted molar refractivity (Wildman–Crippen MR) is 96.3 cm³/mol. The predicted octanol–water partition coefficient (Wildman–Crippen LogP) is 1.40. The highest BCUT2D eigenvalue weighted by Crippen LogP contribution is 2.17. The molecule has 1 aromatic rings. The standard InChI is InChI=1S/C18H26N4O3/c1-5-13-8-6-7-9-15(13)19-16(23)12-20(2)11-14-10-17(24)22(4)18(25)21(14)3/h6-9,14H,5,10-12H2,1-4H3,(H,19,23). The van der Waals surface area contributed by atoms with Crippen LogP contribution in [0, 0.1) is 0 Å². The summed E-state index contributed by atoms with van der Waals surface area (Å²) < 4.78 is 0. The number of hydrogen-bond acceptors (Lipinski definition) is 4. The van der Waals surface area contributed by atoms with Crippen LogP contribution in [0.5, 0.6) is 0 Å². The van der Waals surface area contributed by atoms with Crippen LogP contribution >= 0.6 is 0 Å². The molecule has 0 saturated carbocycles. The SMILES string of the molecule is CCc1ccccc1NC(=O)CN(C)CC1CC(=O)N(C)C(=O)N1C.